The summed E-state index contributed by atoms with van der Waals surface area (Å²) in [6.07, 6.45) is 2.59. The summed E-state index contributed by atoms with van der Waals surface area (Å²) in [5, 5.41) is 14.1. The standard InChI is InChI=1S/C21H25N3O5/c1-23-9-18(19(22-23)14-7-8-29-12-14)20(26)24-10-16(17(11-24)21(27)28-2)13-3-5-15(25)6-4-13/h3-6,9,14,16-17,25H,7-8,10-12H2,1-2H3/t14?,16-,17+/m0/s1. The number of amides is 1. The highest BCUT2D eigenvalue weighted by Gasteiger charge is 2.42. The number of benzene rings is 1. The first-order valence-corrected chi connectivity index (χ1v) is 9.75. The number of esters is 1. The lowest BCUT2D eigenvalue weighted by Gasteiger charge is -2.17. The normalized spacial score (nSPS) is 24.1. The number of carbonyl (C=O) groups excluding carboxylic acids is 2. The second kappa shape index (κ2) is 7.87. The zero-order valence-corrected chi connectivity index (χ0v) is 16.6. The van der Waals surface area contributed by atoms with Gasteiger partial charge in [0.15, 0.2) is 0 Å². The summed E-state index contributed by atoms with van der Waals surface area (Å²) in [4.78, 5) is 27.5. The predicted octanol–water partition coefficient (Wildman–Crippen LogP) is 1.66. The molecule has 1 aromatic carbocycles. The van der Waals surface area contributed by atoms with E-state index in [0.717, 1.165) is 17.7 Å². The number of aromatic nitrogens is 2. The average Bonchev–Trinajstić information content (AvgIpc) is 3.46. The molecule has 8 heteroatoms. The molecule has 4 rings (SSSR count). The van der Waals surface area contributed by atoms with E-state index in [2.05, 4.69) is 5.10 Å². The number of nitrogens with zero attached hydrogens (tertiary/aromatic N) is 3. The quantitative estimate of drug-likeness (QED) is 0.786. The van der Waals surface area contributed by atoms with E-state index in [1.165, 1.54) is 7.11 Å². The molecule has 0 saturated carbocycles. The number of methoxy groups -OCH3 is 1. The van der Waals surface area contributed by atoms with Crippen molar-refractivity contribution >= 4 is 11.9 Å². The lowest BCUT2D eigenvalue weighted by atomic mass is 9.89. The highest BCUT2D eigenvalue weighted by molar-refractivity contribution is 5.96. The van der Waals surface area contributed by atoms with E-state index >= 15 is 0 Å². The molecular weight excluding hydrogens is 374 g/mol. The number of ether oxygens (including phenoxy) is 2. The van der Waals surface area contributed by atoms with Crippen molar-refractivity contribution in [2.75, 3.05) is 33.4 Å². The zero-order chi connectivity index (χ0) is 20.5. The third-order valence-electron chi connectivity index (χ3n) is 5.84. The van der Waals surface area contributed by atoms with Crippen molar-refractivity contribution in [1.29, 1.82) is 0 Å². The van der Waals surface area contributed by atoms with Crippen molar-refractivity contribution in [1.82, 2.24) is 14.7 Å². The van der Waals surface area contributed by atoms with Crippen molar-refractivity contribution in [3.63, 3.8) is 0 Å². The summed E-state index contributed by atoms with van der Waals surface area (Å²) in [7, 11) is 3.16. The van der Waals surface area contributed by atoms with Gasteiger partial charge in [0.05, 0.1) is 30.9 Å². The number of hydrogen-bond donors (Lipinski definition) is 1. The van der Waals surface area contributed by atoms with Gasteiger partial charge >= 0.3 is 5.97 Å². The van der Waals surface area contributed by atoms with Gasteiger partial charge in [0, 0.05) is 44.8 Å². The molecule has 2 aliphatic rings. The maximum atomic E-state index is 13.4. The van der Waals surface area contributed by atoms with E-state index < -0.39 is 5.92 Å². The molecule has 0 spiro atoms. The molecule has 2 saturated heterocycles. The average molecular weight is 399 g/mol. The predicted molar refractivity (Wildman–Crippen MR) is 104 cm³/mol. The fourth-order valence-electron chi connectivity index (χ4n) is 4.31. The molecule has 0 radical (unpaired) electrons. The SMILES string of the molecule is COC(=O)[C@@H]1CN(C(=O)c2cn(C)nc2C2CCOC2)C[C@H]1c1ccc(O)cc1. The first kappa shape index (κ1) is 19.4. The van der Waals surface area contributed by atoms with Crippen LogP contribution in [0.1, 0.15) is 39.9 Å². The van der Waals surface area contributed by atoms with Crippen LogP contribution in [0.5, 0.6) is 5.75 Å². The van der Waals surface area contributed by atoms with Crippen LogP contribution in [0.25, 0.3) is 0 Å². The molecule has 3 heterocycles. The van der Waals surface area contributed by atoms with E-state index in [0.29, 0.717) is 25.3 Å². The summed E-state index contributed by atoms with van der Waals surface area (Å²) >= 11 is 0. The van der Waals surface area contributed by atoms with Crippen LogP contribution in [-0.4, -0.2) is 65.1 Å². The minimum atomic E-state index is -0.455. The Morgan fingerprint density at radius 2 is 2.00 bits per heavy atom. The highest BCUT2D eigenvalue weighted by Crippen LogP contribution is 2.36. The van der Waals surface area contributed by atoms with Crippen LogP contribution in [0.3, 0.4) is 0 Å². The summed E-state index contributed by atoms with van der Waals surface area (Å²) < 4.78 is 12.1. The molecular formula is C21H25N3O5. The van der Waals surface area contributed by atoms with Gasteiger partial charge in [-0.2, -0.15) is 5.10 Å². The van der Waals surface area contributed by atoms with Crippen LogP contribution in [0.2, 0.25) is 0 Å². The minimum absolute atomic E-state index is 0.113. The molecule has 154 valence electrons. The Bertz CT molecular complexity index is 902. The first-order chi connectivity index (χ1) is 14.0. The van der Waals surface area contributed by atoms with Gasteiger partial charge in [-0.05, 0) is 24.1 Å². The highest BCUT2D eigenvalue weighted by atomic mass is 16.5. The second-order valence-corrected chi connectivity index (χ2v) is 7.70. The molecule has 2 aliphatic heterocycles. The van der Waals surface area contributed by atoms with Gasteiger partial charge in [0.2, 0.25) is 0 Å². The van der Waals surface area contributed by atoms with Crippen LogP contribution in [0.4, 0.5) is 0 Å². The van der Waals surface area contributed by atoms with Crippen LogP contribution >= 0.6 is 0 Å². The van der Waals surface area contributed by atoms with Gasteiger partial charge < -0.3 is 19.5 Å². The van der Waals surface area contributed by atoms with Crippen LogP contribution in [-0.2, 0) is 21.3 Å². The van der Waals surface area contributed by atoms with Gasteiger partial charge in [0.1, 0.15) is 5.75 Å². The number of carbonyl (C=O) groups is 2. The minimum Gasteiger partial charge on any atom is -0.508 e. The molecule has 0 bridgehead atoms. The Hall–Kier alpha value is -2.87. The summed E-state index contributed by atoms with van der Waals surface area (Å²) in [5.41, 5.74) is 2.22. The van der Waals surface area contributed by atoms with Gasteiger partial charge in [0.25, 0.3) is 5.91 Å². The van der Waals surface area contributed by atoms with Crippen LogP contribution in [0, 0.1) is 5.92 Å². The maximum Gasteiger partial charge on any atom is 0.311 e. The van der Waals surface area contributed by atoms with Gasteiger partial charge in [-0.15, -0.1) is 0 Å². The third kappa shape index (κ3) is 3.72. The van der Waals surface area contributed by atoms with E-state index in [1.54, 1.807) is 47.1 Å². The molecule has 1 N–H and O–H groups in total. The molecule has 1 unspecified atom stereocenters. The number of hydrogen-bond acceptors (Lipinski definition) is 6. The fraction of sp³-hybridized carbons (Fsp3) is 0.476. The smallest absolute Gasteiger partial charge is 0.311 e. The van der Waals surface area contributed by atoms with E-state index in [4.69, 9.17) is 9.47 Å². The first-order valence-electron chi connectivity index (χ1n) is 9.75. The molecule has 1 amide bonds. The molecule has 2 fully saturated rings. The molecule has 0 aliphatic carbocycles. The molecule has 2 aromatic rings. The lowest BCUT2D eigenvalue weighted by Crippen LogP contribution is -2.31. The topological polar surface area (TPSA) is 93.9 Å². The summed E-state index contributed by atoms with van der Waals surface area (Å²) in [5.74, 6) is -0.843. The number of rotatable bonds is 4. The van der Waals surface area contributed by atoms with Gasteiger partial charge in [-0.25, -0.2) is 0 Å². The Labute approximate surface area is 169 Å². The summed E-state index contributed by atoms with van der Waals surface area (Å²) in [6.45, 7) is 1.93. The van der Waals surface area contributed by atoms with Crippen LogP contribution in [0.15, 0.2) is 30.5 Å². The Balaban J connectivity index is 1.61. The molecule has 1 aromatic heterocycles. The van der Waals surface area contributed by atoms with E-state index in [9.17, 15) is 14.7 Å². The Kier molecular flexibility index (Phi) is 5.27. The van der Waals surface area contributed by atoms with Gasteiger partial charge in [-0.1, -0.05) is 12.1 Å². The molecule has 29 heavy (non-hydrogen) atoms. The Morgan fingerprint density at radius 1 is 1.24 bits per heavy atom. The van der Waals surface area contributed by atoms with Crippen molar-refractivity contribution in [2.45, 2.75) is 18.3 Å². The van der Waals surface area contributed by atoms with E-state index in [1.807, 2.05) is 0 Å². The van der Waals surface area contributed by atoms with Crippen molar-refractivity contribution < 1.29 is 24.2 Å². The number of aromatic hydroxyl groups is 1. The van der Waals surface area contributed by atoms with E-state index in [-0.39, 0.29) is 36.0 Å². The fourth-order valence-corrected chi connectivity index (χ4v) is 4.31. The van der Waals surface area contributed by atoms with Crippen molar-refractivity contribution in [2.24, 2.45) is 13.0 Å². The number of aryl methyl sites for hydroxylation is 1. The van der Waals surface area contributed by atoms with Crippen molar-refractivity contribution in [3.8, 4) is 5.75 Å². The molecule has 3 atom stereocenters. The largest absolute Gasteiger partial charge is 0.508 e. The summed E-state index contributed by atoms with van der Waals surface area (Å²) in [6, 6.07) is 6.76. The zero-order valence-electron chi connectivity index (χ0n) is 16.6. The monoisotopic (exact) mass is 399 g/mol. The number of phenols is 1. The maximum absolute atomic E-state index is 13.4. The molecule has 8 nitrogen and oxygen atoms in total. The number of likely N-dealkylation sites (tertiary alicyclic amines) is 1. The van der Waals surface area contributed by atoms with Gasteiger partial charge in [-0.3, -0.25) is 14.3 Å². The number of phenolic OH excluding ortho intramolecular Hbond substituents is 1. The third-order valence-corrected chi connectivity index (χ3v) is 5.84. The second-order valence-electron chi connectivity index (χ2n) is 7.70. The van der Waals surface area contributed by atoms with Crippen LogP contribution < -0.4 is 0 Å². The Morgan fingerprint density at radius 3 is 2.66 bits per heavy atom. The lowest BCUT2D eigenvalue weighted by molar-refractivity contribution is -0.145. The van der Waals surface area contributed by atoms with Crippen molar-refractivity contribution in [3.05, 3.63) is 47.3 Å².